The second kappa shape index (κ2) is 6.76. The third-order valence-electron chi connectivity index (χ3n) is 3.73. The molecule has 2 rings (SSSR count). The minimum Gasteiger partial charge on any atom is -0.336 e. The van der Waals surface area contributed by atoms with Gasteiger partial charge >= 0.3 is 0 Å². The van der Waals surface area contributed by atoms with Gasteiger partial charge < -0.3 is 4.90 Å². The quantitative estimate of drug-likeness (QED) is 0.764. The van der Waals surface area contributed by atoms with Gasteiger partial charge in [-0.3, -0.25) is 4.79 Å². The summed E-state index contributed by atoms with van der Waals surface area (Å²) >= 11 is 9.42. The average Bonchev–Trinajstić information content (AvgIpc) is 2.39. The lowest BCUT2D eigenvalue weighted by Crippen LogP contribution is -2.41. The molecule has 0 unspecified atom stereocenters. The summed E-state index contributed by atoms with van der Waals surface area (Å²) in [5, 5.41) is 0.595. The van der Waals surface area contributed by atoms with Gasteiger partial charge in [0.15, 0.2) is 0 Å². The molecule has 0 atom stereocenters. The van der Waals surface area contributed by atoms with Crippen LogP contribution in [0, 0.1) is 0 Å². The normalized spacial score (nSPS) is 16.4. The van der Waals surface area contributed by atoms with Crippen LogP contribution in [0.2, 0.25) is 5.02 Å². The van der Waals surface area contributed by atoms with Gasteiger partial charge in [-0.05, 0) is 38.0 Å². The van der Waals surface area contributed by atoms with Crippen molar-refractivity contribution in [1.82, 2.24) is 4.90 Å². The number of hydrogen-bond acceptors (Lipinski definition) is 1. The lowest BCUT2D eigenvalue weighted by Gasteiger charge is -2.33. The Morgan fingerprint density at radius 1 is 1.32 bits per heavy atom. The average molecular weight is 345 g/mol. The predicted octanol–water partition coefficient (Wildman–Crippen LogP) is 4.90. The van der Waals surface area contributed by atoms with Gasteiger partial charge in [-0.25, -0.2) is 0 Å². The maximum Gasteiger partial charge on any atom is 0.254 e. The minimum atomic E-state index is 0.0950. The van der Waals surface area contributed by atoms with E-state index in [-0.39, 0.29) is 5.91 Å². The van der Waals surface area contributed by atoms with E-state index in [0.29, 0.717) is 16.6 Å². The molecule has 0 saturated heterocycles. The second-order valence-electron chi connectivity index (χ2n) is 5.04. The number of benzene rings is 1. The van der Waals surface area contributed by atoms with E-state index >= 15 is 0 Å². The molecular weight excluding hydrogens is 326 g/mol. The summed E-state index contributed by atoms with van der Waals surface area (Å²) in [7, 11) is 0. The summed E-state index contributed by atoms with van der Waals surface area (Å²) in [6.45, 7) is 2.81. The van der Waals surface area contributed by atoms with Crippen molar-refractivity contribution in [3.63, 3.8) is 0 Å². The van der Waals surface area contributed by atoms with Crippen molar-refractivity contribution in [3.8, 4) is 0 Å². The largest absolute Gasteiger partial charge is 0.336 e. The van der Waals surface area contributed by atoms with Crippen molar-refractivity contribution in [2.24, 2.45) is 0 Å². The van der Waals surface area contributed by atoms with Crippen LogP contribution in [0.25, 0.3) is 0 Å². The third-order valence-corrected chi connectivity index (χ3v) is 4.40. The SMILES string of the molecule is CCN(C(=O)c1cc(Cl)cc(Br)c1)C1CCCCC1. The molecule has 1 aliphatic carbocycles. The summed E-state index contributed by atoms with van der Waals surface area (Å²) in [4.78, 5) is 14.6. The van der Waals surface area contributed by atoms with Crippen molar-refractivity contribution in [2.45, 2.75) is 45.1 Å². The molecule has 1 amide bonds. The van der Waals surface area contributed by atoms with Crippen LogP contribution >= 0.6 is 27.5 Å². The molecule has 19 heavy (non-hydrogen) atoms. The van der Waals surface area contributed by atoms with E-state index in [2.05, 4.69) is 15.9 Å². The van der Waals surface area contributed by atoms with Gasteiger partial charge in [0.2, 0.25) is 0 Å². The standard InChI is InChI=1S/C15H19BrClNO/c1-2-18(14-6-4-3-5-7-14)15(19)11-8-12(16)10-13(17)9-11/h8-10,14H,2-7H2,1H3. The molecule has 1 saturated carbocycles. The van der Waals surface area contributed by atoms with E-state index in [1.165, 1.54) is 19.3 Å². The molecule has 0 radical (unpaired) electrons. The van der Waals surface area contributed by atoms with Gasteiger partial charge in [0.05, 0.1) is 0 Å². The number of carbonyl (C=O) groups is 1. The third kappa shape index (κ3) is 3.73. The van der Waals surface area contributed by atoms with Crippen LogP contribution in [0.4, 0.5) is 0 Å². The fourth-order valence-corrected chi connectivity index (χ4v) is 3.66. The van der Waals surface area contributed by atoms with E-state index in [0.717, 1.165) is 23.9 Å². The van der Waals surface area contributed by atoms with Crippen molar-refractivity contribution in [3.05, 3.63) is 33.3 Å². The van der Waals surface area contributed by atoms with Crippen LogP contribution in [0.5, 0.6) is 0 Å². The Kier molecular flexibility index (Phi) is 5.28. The molecule has 4 heteroatoms. The highest BCUT2D eigenvalue weighted by Crippen LogP contribution is 2.26. The molecule has 0 aliphatic heterocycles. The summed E-state index contributed by atoms with van der Waals surface area (Å²) in [5.74, 6) is 0.0950. The first kappa shape index (κ1) is 14.9. The first-order valence-corrected chi connectivity index (χ1v) is 8.06. The molecule has 1 fully saturated rings. The molecular formula is C15H19BrClNO. The molecule has 1 aliphatic rings. The Morgan fingerprint density at radius 3 is 2.58 bits per heavy atom. The number of rotatable bonds is 3. The topological polar surface area (TPSA) is 20.3 Å². The molecule has 1 aromatic carbocycles. The Morgan fingerprint density at radius 2 is 2.00 bits per heavy atom. The van der Waals surface area contributed by atoms with Crippen LogP contribution in [-0.2, 0) is 0 Å². The number of amides is 1. The van der Waals surface area contributed by atoms with E-state index in [1.807, 2.05) is 17.9 Å². The maximum atomic E-state index is 12.6. The molecule has 104 valence electrons. The minimum absolute atomic E-state index is 0.0950. The van der Waals surface area contributed by atoms with Gasteiger partial charge in [-0.1, -0.05) is 46.8 Å². The zero-order valence-electron chi connectivity index (χ0n) is 11.2. The first-order chi connectivity index (χ1) is 9.11. The fraction of sp³-hybridized carbons (Fsp3) is 0.533. The van der Waals surface area contributed by atoms with Gasteiger partial charge in [-0.2, -0.15) is 0 Å². The Balaban J connectivity index is 2.19. The van der Waals surface area contributed by atoms with Crippen molar-refractivity contribution < 1.29 is 4.79 Å². The molecule has 0 spiro atoms. The van der Waals surface area contributed by atoms with Crippen LogP contribution < -0.4 is 0 Å². The molecule has 0 bridgehead atoms. The number of carbonyl (C=O) groups excluding carboxylic acids is 1. The molecule has 1 aromatic rings. The van der Waals surface area contributed by atoms with E-state index < -0.39 is 0 Å². The van der Waals surface area contributed by atoms with Gasteiger partial charge in [0.1, 0.15) is 0 Å². The highest BCUT2D eigenvalue weighted by molar-refractivity contribution is 9.10. The summed E-state index contributed by atoms with van der Waals surface area (Å²) in [6, 6.07) is 5.79. The lowest BCUT2D eigenvalue weighted by atomic mass is 9.93. The zero-order chi connectivity index (χ0) is 13.8. The van der Waals surface area contributed by atoms with Crippen LogP contribution in [-0.4, -0.2) is 23.4 Å². The van der Waals surface area contributed by atoms with Gasteiger partial charge in [0, 0.05) is 27.6 Å². The molecule has 0 aromatic heterocycles. The maximum absolute atomic E-state index is 12.6. The molecule has 0 N–H and O–H groups in total. The van der Waals surface area contributed by atoms with Crippen LogP contribution in [0.15, 0.2) is 22.7 Å². The van der Waals surface area contributed by atoms with Crippen molar-refractivity contribution in [1.29, 1.82) is 0 Å². The highest BCUT2D eigenvalue weighted by atomic mass is 79.9. The summed E-state index contributed by atoms with van der Waals surface area (Å²) < 4.78 is 0.850. The smallest absolute Gasteiger partial charge is 0.254 e. The van der Waals surface area contributed by atoms with E-state index in [4.69, 9.17) is 11.6 Å². The van der Waals surface area contributed by atoms with E-state index in [1.54, 1.807) is 12.1 Å². The van der Waals surface area contributed by atoms with Crippen molar-refractivity contribution >= 4 is 33.4 Å². The molecule has 2 nitrogen and oxygen atoms in total. The van der Waals surface area contributed by atoms with Crippen LogP contribution in [0.3, 0.4) is 0 Å². The highest BCUT2D eigenvalue weighted by Gasteiger charge is 2.25. The number of hydrogen-bond donors (Lipinski definition) is 0. The molecule has 0 heterocycles. The van der Waals surface area contributed by atoms with Crippen LogP contribution in [0.1, 0.15) is 49.4 Å². The predicted molar refractivity (Wildman–Crippen MR) is 82.7 cm³/mol. The first-order valence-electron chi connectivity index (χ1n) is 6.89. The number of nitrogens with zero attached hydrogens (tertiary/aromatic N) is 1. The second-order valence-corrected chi connectivity index (χ2v) is 6.39. The number of halogens is 2. The fourth-order valence-electron chi connectivity index (χ4n) is 2.80. The van der Waals surface area contributed by atoms with E-state index in [9.17, 15) is 4.79 Å². The van der Waals surface area contributed by atoms with Crippen molar-refractivity contribution in [2.75, 3.05) is 6.54 Å². The Hall–Kier alpha value is -0.540. The monoisotopic (exact) mass is 343 g/mol. The zero-order valence-corrected chi connectivity index (χ0v) is 13.5. The van der Waals surface area contributed by atoms with Gasteiger partial charge in [-0.15, -0.1) is 0 Å². The summed E-state index contributed by atoms with van der Waals surface area (Å²) in [6.07, 6.45) is 6.01. The summed E-state index contributed by atoms with van der Waals surface area (Å²) in [5.41, 5.74) is 0.673. The Bertz CT molecular complexity index is 437. The Labute approximate surface area is 128 Å². The van der Waals surface area contributed by atoms with Gasteiger partial charge in [0.25, 0.3) is 5.91 Å². The lowest BCUT2D eigenvalue weighted by molar-refractivity contribution is 0.0648.